The molecule has 0 aromatic rings. The van der Waals surface area contributed by atoms with Crippen LogP contribution >= 0.6 is 0 Å². The van der Waals surface area contributed by atoms with Crippen LogP contribution in [0.1, 0.15) is 32.1 Å². The summed E-state index contributed by atoms with van der Waals surface area (Å²) >= 11 is 0. The molecular formula is C11H16O2. The van der Waals surface area contributed by atoms with Gasteiger partial charge in [0, 0.05) is 11.8 Å². The van der Waals surface area contributed by atoms with Gasteiger partial charge in [-0.05, 0) is 43.9 Å². The SMILES string of the molecule is O=CC1CCC2CC(C=O)CC2C1. The lowest BCUT2D eigenvalue weighted by atomic mass is 9.76. The van der Waals surface area contributed by atoms with Crippen molar-refractivity contribution in [3.05, 3.63) is 0 Å². The van der Waals surface area contributed by atoms with Crippen molar-refractivity contribution in [2.75, 3.05) is 0 Å². The number of aldehydes is 2. The number of hydrogen-bond acceptors (Lipinski definition) is 2. The highest BCUT2D eigenvalue weighted by Gasteiger charge is 2.38. The maximum atomic E-state index is 10.6. The summed E-state index contributed by atoms with van der Waals surface area (Å²) in [6, 6.07) is 0. The largest absolute Gasteiger partial charge is 0.303 e. The Morgan fingerprint density at radius 1 is 0.769 bits per heavy atom. The zero-order valence-electron chi connectivity index (χ0n) is 7.82. The minimum Gasteiger partial charge on any atom is -0.303 e. The van der Waals surface area contributed by atoms with E-state index in [4.69, 9.17) is 0 Å². The van der Waals surface area contributed by atoms with Crippen molar-refractivity contribution in [3.8, 4) is 0 Å². The van der Waals surface area contributed by atoms with Crippen LogP contribution < -0.4 is 0 Å². The number of fused-ring (bicyclic) bond motifs is 1. The van der Waals surface area contributed by atoms with E-state index in [1.807, 2.05) is 0 Å². The Morgan fingerprint density at radius 3 is 2.08 bits per heavy atom. The van der Waals surface area contributed by atoms with E-state index < -0.39 is 0 Å². The minimum atomic E-state index is 0.284. The van der Waals surface area contributed by atoms with E-state index in [1.165, 1.54) is 6.42 Å². The van der Waals surface area contributed by atoms with Crippen molar-refractivity contribution in [1.82, 2.24) is 0 Å². The van der Waals surface area contributed by atoms with Crippen LogP contribution in [-0.2, 0) is 9.59 Å². The third kappa shape index (κ3) is 1.67. The molecule has 0 aromatic heterocycles. The smallest absolute Gasteiger partial charge is 0.123 e. The molecule has 0 bridgehead atoms. The van der Waals surface area contributed by atoms with Crippen LogP contribution in [0.5, 0.6) is 0 Å². The van der Waals surface area contributed by atoms with Crippen LogP contribution in [0.25, 0.3) is 0 Å². The first-order valence-electron chi connectivity index (χ1n) is 5.24. The molecule has 0 radical (unpaired) electrons. The second-order valence-corrected chi connectivity index (χ2v) is 4.60. The van der Waals surface area contributed by atoms with E-state index in [1.54, 1.807) is 0 Å². The molecule has 2 nitrogen and oxygen atoms in total. The average molecular weight is 180 g/mol. The lowest BCUT2D eigenvalue weighted by Crippen LogP contribution is -2.21. The van der Waals surface area contributed by atoms with Gasteiger partial charge in [0.2, 0.25) is 0 Å². The number of hydrogen-bond donors (Lipinski definition) is 0. The van der Waals surface area contributed by atoms with Gasteiger partial charge in [0.05, 0.1) is 0 Å². The van der Waals surface area contributed by atoms with Crippen molar-refractivity contribution >= 4 is 12.6 Å². The van der Waals surface area contributed by atoms with Crippen molar-refractivity contribution in [1.29, 1.82) is 0 Å². The predicted octanol–water partition coefficient (Wildman–Crippen LogP) is 1.83. The standard InChI is InChI=1S/C11H16O2/c12-6-8-1-2-10-4-9(7-13)5-11(10)3-8/h6-11H,1-5H2. The van der Waals surface area contributed by atoms with Crippen LogP contribution in [0.3, 0.4) is 0 Å². The number of carbonyl (C=O) groups is 2. The van der Waals surface area contributed by atoms with E-state index in [0.29, 0.717) is 11.8 Å². The average Bonchev–Trinajstić information content (AvgIpc) is 2.58. The fraction of sp³-hybridized carbons (Fsp3) is 0.818. The molecule has 72 valence electrons. The Morgan fingerprint density at radius 2 is 1.38 bits per heavy atom. The molecule has 0 spiro atoms. The molecule has 0 heterocycles. The van der Waals surface area contributed by atoms with Gasteiger partial charge in [0.25, 0.3) is 0 Å². The maximum absolute atomic E-state index is 10.6. The van der Waals surface area contributed by atoms with Crippen LogP contribution in [0.4, 0.5) is 0 Å². The number of carbonyl (C=O) groups excluding carboxylic acids is 2. The van der Waals surface area contributed by atoms with Crippen molar-refractivity contribution in [2.45, 2.75) is 32.1 Å². The summed E-state index contributed by atoms with van der Waals surface area (Å²) in [4.78, 5) is 21.3. The molecule has 13 heavy (non-hydrogen) atoms. The summed E-state index contributed by atoms with van der Waals surface area (Å²) in [5.74, 6) is 1.98. The van der Waals surface area contributed by atoms with E-state index >= 15 is 0 Å². The summed E-state index contributed by atoms with van der Waals surface area (Å²) in [6.07, 6.45) is 7.59. The van der Waals surface area contributed by atoms with Gasteiger partial charge in [-0.25, -0.2) is 0 Å². The van der Waals surface area contributed by atoms with Gasteiger partial charge in [0.15, 0.2) is 0 Å². The van der Waals surface area contributed by atoms with E-state index in [9.17, 15) is 9.59 Å². The highest BCUT2D eigenvalue weighted by molar-refractivity contribution is 5.55. The molecule has 2 aliphatic rings. The van der Waals surface area contributed by atoms with E-state index in [2.05, 4.69) is 0 Å². The molecule has 0 saturated heterocycles. The van der Waals surface area contributed by atoms with Gasteiger partial charge in [-0.15, -0.1) is 0 Å². The van der Waals surface area contributed by atoms with E-state index in [-0.39, 0.29) is 5.92 Å². The molecule has 0 amide bonds. The predicted molar refractivity (Wildman–Crippen MR) is 49.2 cm³/mol. The first kappa shape index (κ1) is 8.92. The van der Waals surface area contributed by atoms with Gasteiger partial charge < -0.3 is 9.59 Å². The fourth-order valence-corrected chi connectivity index (χ4v) is 3.07. The van der Waals surface area contributed by atoms with Gasteiger partial charge in [-0.3, -0.25) is 0 Å². The second-order valence-electron chi connectivity index (χ2n) is 4.60. The van der Waals surface area contributed by atoms with Gasteiger partial charge in [-0.2, -0.15) is 0 Å². The Kier molecular flexibility index (Phi) is 2.47. The van der Waals surface area contributed by atoms with Crippen molar-refractivity contribution in [2.24, 2.45) is 23.7 Å². The topological polar surface area (TPSA) is 34.1 Å². The summed E-state index contributed by atoms with van der Waals surface area (Å²) in [7, 11) is 0. The molecule has 2 saturated carbocycles. The summed E-state index contributed by atoms with van der Waals surface area (Å²) in [5.41, 5.74) is 0. The fourth-order valence-electron chi connectivity index (χ4n) is 3.07. The van der Waals surface area contributed by atoms with Crippen LogP contribution in [0.2, 0.25) is 0 Å². The Hall–Kier alpha value is -0.660. The first-order chi connectivity index (χ1) is 6.33. The van der Waals surface area contributed by atoms with Gasteiger partial charge in [-0.1, -0.05) is 0 Å². The lowest BCUT2D eigenvalue weighted by Gasteiger charge is -2.28. The zero-order chi connectivity index (χ0) is 9.26. The maximum Gasteiger partial charge on any atom is 0.123 e. The Bertz CT molecular complexity index is 206. The van der Waals surface area contributed by atoms with E-state index in [0.717, 1.165) is 44.2 Å². The molecule has 0 N–H and O–H groups in total. The highest BCUT2D eigenvalue weighted by Crippen LogP contribution is 2.45. The molecule has 2 fully saturated rings. The van der Waals surface area contributed by atoms with Crippen molar-refractivity contribution in [3.63, 3.8) is 0 Å². The normalized spacial score (nSPS) is 44.0. The monoisotopic (exact) mass is 180 g/mol. The molecular weight excluding hydrogens is 164 g/mol. The van der Waals surface area contributed by atoms with Gasteiger partial charge >= 0.3 is 0 Å². The van der Waals surface area contributed by atoms with Crippen molar-refractivity contribution < 1.29 is 9.59 Å². The van der Waals surface area contributed by atoms with Crippen LogP contribution in [0.15, 0.2) is 0 Å². The summed E-state index contributed by atoms with van der Waals surface area (Å²) in [5, 5.41) is 0. The summed E-state index contributed by atoms with van der Waals surface area (Å²) < 4.78 is 0. The minimum absolute atomic E-state index is 0.284. The summed E-state index contributed by atoms with van der Waals surface area (Å²) in [6.45, 7) is 0. The third-order valence-electron chi connectivity index (χ3n) is 3.78. The quantitative estimate of drug-likeness (QED) is 0.607. The molecule has 0 aliphatic heterocycles. The molecule has 0 aromatic carbocycles. The Labute approximate surface area is 78.7 Å². The Balaban J connectivity index is 1.97. The number of rotatable bonds is 2. The molecule has 2 aliphatic carbocycles. The van der Waals surface area contributed by atoms with Crippen LogP contribution in [0, 0.1) is 23.7 Å². The zero-order valence-corrected chi connectivity index (χ0v) is 7.82. The highest BCUT2D eigenvalue weighted by atomic mass is 16.1. The lowest BCUT2D eigenvalue weighted by molar-refractivity contribution is -0.112. The molecule has 2 heteroatoms. The van der Waals surface area contributed by atoms with Crippen LogP contribution in [-0.4, -0.2) is 12.6 Å². The van der Waals surface area contributed by atoms with Gasteiger partial charge in [0.1, 0.15) is 12.6 Å². The molecule has 4 atom stereocenters. The second kappa shape index (κ2) is 3.60. The molecule has 2 rings (SSSR count). The molecule has 4 unspecified atom stereocenters. The third-order valence-corrected chi connectivity index (χ3v) is 3.78. The first-order valence-corrected chi connectivity index (χ1v) is 5.24.